The summed E-state index contributed by atoms with van der Waals surface area (Å²) in [4.78, 5) is 0. The third kappa shape index (κ3) is 3.53. The number of unbranched alkanes of at least 4 members (excludes halogenated alkanes) is 2. The number of aryl methyl sites for hydroxylation is 2. The van der Waals surface area contributed by atoms with E-state index >= 15 is 0 Å². The third-order valence-corrected chi connectivity index (χ3v) is 2.65. The molecule has 0 bridgehead atoms. The van der Waals surface area contributed by atoms with Gasteiger partial charge >= 0.3 is 0 Å². The van der Waals surface area contributed by atoms with Gasteiger partial charge in [0.15, 0.2) is 0 Å². The molecule has 0 aliphatic carbocycles. The molecule has 1 aromatic rings. The molecule has 78 valence electrons. The van der Waals surface area contributed by atoms with Crippen LogP contribution >= 0.6 is 0 Å². The molecule has 1 rings (SSSR count). The quantitative estimate of drug-likeness (QED) is 0.626. The Morgan fingerprint density at radius 1 is 1.00 bits per heavy atom. The molecule has 0 heteroatoms. The summed E-state index contributed by atoms with van der Waals surface area (Å²) in [7, 11) is 0. The molecule has 0 fully saturated rings. The van der Waals surface area contributed by atoms with Crippen molar-refractivity contribution in [2.75, 3.05) is 0 Å². The van der Waals surface area contributed by atoms with Gasteiger partial charge in [-0.3, -0.25) is 0 Å². The number of hydrogen-bond acceptors (Lipinski definition) is 0. The van der Waals surface area contributed by atoms with Crippen molar-refractivity contribution >= 4 is 0 Å². The fourth-order valence-corrected chi connectivity index (χ4v) is 1.71. The summed E-state index contributed by atoms with van der Waals surface area (Å²) < 4.78 is 7.65. The van der Waals surface area contributed by atoms with Gasteiger partial charge in [0.1, 0.15) is 0 Å². The molecule has 0 aromatic heterocycles. The second-order valence-electron chi connectivity index (χ2n) is 3.90. The molecular weight excluding hydrogens is 168 g/mol. The second kappa shape index (κ2) is 6.64. The van der Waals surface area contributed by atoms with E-state index in [-0.39, 0.29) is 0 Å². The van der Waals surface area contributed by atoms with E-state index in [1.54, 1.807) is 0 Å². The van der Waals surface area contributed by atoms with Crippen LogP contribution in [0.2, 0.25) is 0 Å². The van der Waals surface area contributed by atoms with Crippen LogP contribution in [0, 0.1) is 0 Å². The summed E-state index contributed by atoms with van der Waals surface area (Å²) in [6, 6.07) is 6.76. The maximum Gasteiger partial charge on any atom is 0.0623 e. The predicted octanol–water partition coefficient (Wildman–Crippen LogP) is 4.37. The lowest BCUT2D eigenvalue weighted by Gasteiger charge is -2.07. The highest BCUT2D eigenvalue weighted by atomic mass is 14.1. The van der Waals surface area contributed by atoms with E-state index in [0.717, 1.165) is 6.42 Å². The van der Waals surface area contributed by atoms with Gasteiger partial charge in [-0.05, 0) is 36.8 Å². The zero-order valence-electron chi connectivity index (χ0n) is 10.5. The van der Waals surface area contributed by atoms with Crippen LogP contribution in [0.5, 0.6) is 0 Å². The van der Waals surface area contributed by atoms with Crippen molar-refractivity contribution in [3.63, 3.8) is 0 Å². The van der Waals surface area contributed by atoms with Crippen molar-refractivity contribution in [2.45, 2.75) is 52.4 Å². The van der Waals surface area contributed by atoms with E-state index in [9.17, 15) is 0 Å². The summed E-state index contributed by atoms with van der Waals surface area (Å²) in [5, 5.41) is 0. The van der Waals surface area contributed by atoms with Crippen LogP contribution in [0.4, 0.5) is 0 Å². The fourth-order valence-electron chi connectivity index (χ4n) is 1.71. The van der Waals surface area contributed by atoms with Crippen LogP contribution in [0.3, 0.4) is 0 Å². The predicted molar refractivity (Wildman–Crippen MR) is 63.7 cm³/mol. The van der Waals surface area contributed by atoms with E-state index in [1.165, 1.54) is 43.2 Å². The first-order valence-corrected chi connectivity index (χ1v) is 5.86. The number of rotatable bonds is 6. The van der Waals surface area contributed by atoms with Gasteiger partial charge in [-0.1, -0.05) is 50.9 Å². The van der Waals surface area contributed by atoms with Gasteiger partial charge in [0.25, 0.3) is 0 Å². The van der Waals surface area contributed by atoms with Crippen molar-refractivity contribution in [2.24, 2.45) is 0 Å². The summed E-state index contributed by atoms with van der Waals surface area (Å²) in [6.45, 7) is 4.45. The molecule has 0 unspecified atom stereocenters. The molecule has 0 atom stereocenters. The van der Waals surface area contributed by atoms with Crippen LogP contribution in [-0.2, 0) is 12.8 Å². The Labute approximate surface area is 89.8 Å². The van der Waals surface area contributed by atoms with Crippen molar-refractivity contribution in [3.05, 3.63) is 35.4 Å². The highest BCUT2D eigenvalue weighted by Crippen LogP contribution is 2.14. The average Bonchev–Trinajstić information content (AvgIpc) is 2.25. The highest BCUT2D eigenvalue weighted by Gasteiger charge is 1.99. The molecule has 0 amide bonds. The normalized spacial score (nSPS) is 11.4. The van der Waals surface area contributed by atoms with E-state index < -0.39 is 0 Å². The molecule has 0 saturated carbocycles. The lowest BCUT2D eigenvalue weighted by atomic mass is 9.98. The van der Waals surface area contributed by atoms with Crippen molar-refractivity contribution < 1.29 is 1.37 Å². The van der Waals surface area contributed by atoms with Gasteiger partial charge in [0.05, 0.1) is 1.37 Å². The first kappa shape index (κ1) is 9.76. The van der Waals surface area contributed by atoms with Crippen LogP contribution in [-0.4, -0.2) is 0 Å². The van der Waals surface area contributed by atoms with Crippen LogP contribution in [0.1, 0.15) is 52.0 Å². The Bertz CT molecular complexity index is 291. The van der Waals surface area contributed by atoms with Gasteiger partial charge in [-0.15, -0.1) is 0 Å². The minimum absolute atomic E-state index is 0.654. The second-order valence-corrected chi connectivity index (χ2v) is 3.90. The molecule has 14 heavy (non-hydrogen) atoms. The maximum absolute atomic E-state index is 7.65. The molecule has 0 spiro atoms. The molecule has 0 radical (unpaired) electrons. The van der Waals surface area contributed by atoms with Crippen molar-refractivity contribution in [1.82, 2.24) is 0 Å². The van der Waals surface area contributed by atoms with Crippen LogP contribution in [0.25, 0.3) is 0 Å². The lowest BCUT2D eigenvalue weighted by molar-refractivity contribution is 0.758. The maximum atomic E-state index is 7.65. The Morgan fingerprint density at radius 2 is 1.57 bits per heavy atom. The molecular formula is C14H22. The number of hydrogen-bond donors (Lipinski definition) is 0. The standard InChI is InChI=1S/C14H22/c1-3-5-9-13-11-7-8-12-14(13)10-6-4-2/h7-8,11-12H,3-6,9-10H2,1-2H3/i7D. The number of benzene rings is 1. The first-order valence-electron chi connectivity index (χ1n) is 6.36. The Hall–Kier alpha value is -0.780. The molecule has 0 nitrogen and oxygen atoms in total. The van der Waals surface area contributed by atoms with Crippen LogP contribution in [0.15, 0.2) is 24.2 Å². The van der Waals surface area contributed by atoms with Gasteiger partial charge in [-0.2, -0.15) is 0 Å². The first-order chi connectivity index (χ1) is 7.27. The minimum atomic E-state index is 0.654. The van der Waals surface area contributed by atoms with Gasteiger partial charge in [0, 0.05) is 0 Å². The summed E-state index contributed by atoms with van der Waals surface area (Å²) >= 11 is 0. The van der Waals surface area contributed by atoms with E-state index in [4.69, 9.17) is 1.37 Å². The smallest absolute Gasteiger partial charge is 0.0623 e. The zero-order valence-corrected chi connectivity index (χ0v) is 9.47. The molecule has 0 saturated heterocycles. The molecule has 0 aliphatic heterocycles. The summed E-state index contributed by atoms with van der Waals surface area (Å²) in [5.74, 6) is 0. The average molecular weight is 191 g/mol. The SMILES string of the molecule is [2H]c1ccc(CCCC)c(CCCC)c1. The topological polar surface area (TPSA) is 0 Å². The van der Waals surface area contributed by atoms with Gasteiger partial charge in [0.2, 0.25) is 0 Å². The Kier molecular flexibility index (Phi) is 4.63. The van der Waals surface area contributed by atoms with E-state index in [2.05, 4.69) is 19.9 Å². The van der Waals surface area contributed by atoms with E-state index in [0.29, 0.717) is 6.04 Å². The molecule has 0 aliphatic rings. The Balaban J connectivity index is 2.73. The van der Waals surface area contributed by atoms with Gasteiger partial charge in [-0.25, -0.2) is 0 Å². The van der Waals surface area contributed by atoms with Crippen molar-refractivity contribution in [1.29, 1.82) is 0 Å². The van der Waals surface area contributed by atoms with Crippen LogP contribution < -0.4 is 0 Å². The molecule has 0 N–H and O–H groups in total. The van der Waals surface area contributed by atoms with Gasteiger partial charge < -0.3 is 0 Å². The van der Waals surface area contributed by atoms with Crippen molar-refractivity contribution in [3.8, 4) is 0 Å². The zero-order chi connectivity index (χ0) is 11.1. The molecule has 1 aromatic carbocycles. The lowest BCUT2D eigenvalue weighted by Crippen LogP contribution is -1.94. The fraction of sp³-hybridized carbons (Fsp3) is 0.571. The third-order valence-electron chi connectivity index (χ3n) is 2.65. The summed E-state index contributed by atoms with van der Waals surface area (Å²) in [6.07, 6.45) is 7.29. The monoisotopic (exact) mass is 191 g/mol. The largest absolute Gasteiger partial charge is 0.0654 e. The van der Waals surface area contributed by atoms with E-state index in [1.807, 2.05) is 12.1 Å². The Morgan fingerprint density at radius 3 is 2.14 bits per heavy atom. The minimum Gasteiger partial charge on any atom is -0.0654 e. The molecule has 0 heterocycles. The highest BCUT2D eigenvalue weighted by molar-refractivity contribution is 5.27. The summed E-state index contributed by atoms with van der Waals surface area (Å²) in [5.41, 5.74) is 2.86.